The molecule has 2 rings (SSSR count). The third-order valence-corrected chi connectivity index (χ3v) is 5.21. The number of hydrogen-bond acceptors (Lipinski definition) is 3. The molecule has 2 fully saturated rings. The molecule has 0 bridgehead atoms. The molecule has 1 aliphatic carbocycles. The first-order valence-corrected chi connectivity index (χ1v) is 8.53. The highest BCUT2D eigenvalue weighted by Gasteiger charge is 2.43. The Balaban J connectivity index is 1.91. The molecule has 2 unspecified atom stereocenters. The van der Waals surface area contributed by atoms with Crippen LogP contribution < -0.4 is 5.32 Å². The Bertz CT molecular complexity index is 242. The van der Waals surface area contributed by atoms with Gasteiger partial charge in [-0.2, -0.15) is 11.8 Å². The van der Waals surface area contributed by atoms with Crippen LogP contribution in [-0.2, 0) is 0 Å². The lowest BCUT2D eigenvalue weighted by Crippen LogP contribution is -2.51. The fourth-order valence-electron chi connectivity index (χ4n) is 3.09. The third kappa shape index (κ3) is 3.62. The number of nitrogens with one attached hydrogen (secondary N) is 1. The van der Waals surface area contributed by atoms with Crippen molar-refractivity contribution < 1.29 is 0 Å². The second-order valence-corrected chi connectivity index (χ2v) is 7.06. The highest BCUT2D eigenvalue weighted by molar-refractivity contribution is 7.98. The number of rotatable bonds is 5. The first-order valence-electron chi connectivity index (χ1n) is 7.14. The molecule has 0 radical (unpaired) electrons. The van der Waals surface area contributed by atoms with Crippen LogP contribution in [0.1, 0.15) is 39.5 Å². The minimum Gasteiger partial charge on any atom is -0.310 e. The van der Waals surface area contributed by atoms with Gasteiger partial charge in [-0.05, 0) is 70.5 Å². The highest BCUT2D eigenvalue weighted by atomic mass is 32.2. The lowest BCUT2D eigenvalue weighted by molar-refractivity contribution is 0.163. The Morgan fingerprint density at radius 1 is 1.35 bits per heavy atom. The van der Waals surface area contributed by atoms with Gasteiger partial charge in [-0.1, -0.05) is 0 Å². The first kappa shape index (κ1) is 13.7. The third-order valence-electron chi connectivity index (χ3n) is 4.52. The average molecular weight is 256 g/mol. The summed E-state index contributed by atoms with van der Waals surface area (Å²) in [6.07, 6.45) is 7.74. The van der Waals surface area contributed by atoms with Crippen molar-refractivity contribution >= 4 is 11.8 Å². The van der Waals surface area contributed by atoms with Crippen molar-refractivity contribution in [2.75, 3.05) is 31.6 Å². The van der Waals surface area contributed by atoms with Crippen LogP contribution >= 0.6 is 11.8 Å². The van der Waals surface area contributed by atoms with Gasteiger partial charge in [0, 0.05) is 18.1 Å². The number of thioether (sulfide) groups is 1. The van der Waals surface area contributed by atoms with Gasteiger partial charge in [-0.3, -0.25) is 4.90 Å². The molecule has 1 aliphatic heterocycles. The van der Waals surface area contributed by atoms with E-state index >= 15 is 0 Å². The maximum absolute atomic E-state index is 3.82. The van der Waals surface area contributed by atoms with Gasteiger partial charge in [-0.15, -0.1) is 0 Å². The maximum Gasteiger partial charge on any atom is 0.0308 e. The normalized spacial score (nSPS) is 35.8. The van der Waals surface area contributed by atoms with Gasteiger partial charge in [0.25, 0.3) is 0 Å². The van der Waals surface area contributed by atoms with Crippen LogP contribution in [0.4, 0.5) is 0 Å². The summed E-state index contributed by atoms with van der Waals surface area (Å²) in [5, 5.41) is 3.82. The predicted octanol–water partition coefficient (Wildman–Crippen LogP) is 2.59. The van der Waals surface area contributed by atoms with Crippen LogP contribution in [0.15, 0.2) is 0 Å². The first-order chi connectivity index (χ1) is 8.15. The zero-order valence-electron chi connectivity index (χ0n) is 11.7. The molecule has 2 nitrogen and oxygen atoms in total. The van der Waals surface area contributed by atoms with E-state index in [1.807, 2.05) is 11.8 Å². The van der Waals surface area contributed by atoms with Crippen molar-refractivity contribution in [1.82, 2.24) is 10.2 Å². The number of hydrogen-bond donors (Lipinski definition) is 1. The molecule has 1 saturated carbocycles. The summed E-state index contributed by atoms with van der Waals surface area (Å²) < 4.78 is 0. The summed E-state index contributed by atoms with van der Waals surface area (Å²) in [5.74, 6) is 2.24. The van der Waals surface area contributed by atoms with Crippen LogP contribution in [-0.4, -0.2) is 48.1 Å². The summed E-state index contributed by atoms with van der Waals surface area (Å²) in [7, 11) is 0. The van der Waals surface area contributed by atoms with E-state index in [1.165, 1.54) is 51.1 Å². The minimum absolute atomic E-state index is 0.393. The monoisotopic (exact) mass is 256 g/mol. The fraction of sp³-hybridized carbons (Fsp3) is 1.00. The Hall–Kier alpha value is 0.270. The smallest absolute Gasteiger partial charge is 0.0308 e. The van der Waals surface area contributed by atoms with Crippen LogP contribution in [0.5, 0.6) is 0 Å². The molecule has 1 heterocycles. The van der Waals surface area contributed by atoms with Crippen molar-refractivity contribution in [1.29, 1.82) is 0 Å². The lowest BCUT2D eigenvalue weighted by atomic mass is 9.95. The van der Waals surface area contributed by atoms with E-state index < -0.39 is 0 Å². The van der Waals surface area contributed by atoms with E-state index in [1.54, 1.807) is 0 Å². The van der Waals surface area contributed by atoms with E-state index in [4.69, 9.17) is 0 Å². The molecule has 1 N–H and O–H groups in total. The van der Waals surface area contributed by atoms with E-state index in [0.717, 1.165) is 12.0 Å². The molecule has 2 aliphatic rings. The zero-order chi connectivity index (χ0) is 12.3. The minimum atomic E-state index is 0.393. The molecule has 3 heteroatoms. The Labute approximate surface area is 111 Å². The van der Waals surface area contributed by atoms with Gasteiger partial charge >= 0.3 is 0 Å². The topological polar surface area (TPSA) is 15.3 Å². The second kappa shape index (κ2) is 5.94. The largest absolute Gasteiger partial charge is 0.310 e. The molecule has 0 aromatic rings. The van der Waals surface area contributed by atoms with Gasteiger partial charge in [0.05, 0.1) is 0 Å². The Kier molecular flexibility index (Phi) is 4.79. The summed E-state index contributed by atoms with van der Waals surface area (Å²) in [5.41, 5.74) is 0.393. The van der Waals surface area contributed by atoms with Crippen molar-refractivity contribution in [3.05, 3.63) is 0 Å². The van der Waals surface area contributed by atoms with E-state index in [-0.39, 0.29) is 0 Å². The van der Waals surface area contributed by atoms with Gasteiger partial charge in [0.1, 0.15) is 0 Å². The summed E-state index contributed by atoms with van der Waals surface area (Å²) in [6.45, 7) is 8.59. The average Bonchev–Trinajstić information content (AvgIpc) is 3.10. The molecule has 0 spiro atoms. The standard InChI is InChI=1S/C14H28N2S/c1-12-7-8-15-14(2,13-5-6-13)11-16(12)9-4-10-17-3/h12-13,15H,4-11H2,1-3H3. The zero-order valence-corrected chi connectivity index (χ0v) is 12.5. The van der Waals surface area contributed by atoms with E-state index in [9.17, 15) is 0 Å². The molecule has 17 heavy (non-hydrogen) atoms. The maximum atomic E-state index is 3.82. The molecule has 0 aromatic carbocycles. The van der Waals surface area contributed by atoms with Crippen LogP contribution in [0.3, 0.4) is 0 Å². The summed E-state index contributed by atoms with van der Waals surface area (Å²) >= 11 is 1.97. The molecule has 2 atom stereocenters. The van der Waals surface area contributed by atoms with Crippen LogP contribution in [0, 0.1) is 5.92 Å². The highest BCUT2D eigenvalue weighted by Crippen LogP contribution is 2.41. The second-order valence-electron chi connectivity index (χ2n) is 6.07. The van der Waals surface area contributed by atoms with Gasteiger partial charge in [0.15, 0.2) is 0 Å². The van der Waals surface area contributed by atoms with Crippen molar-refractivity contribution in [2.24, 2.45) is 5.92 Å². The lowest BCUT2D eigenvalue weighted by Gasteiger charge is -2.35. The molecular formula is C14H28N2S. The molecule has 0 amide bonds. The van der Waals surface area contributed by atoms with E-state index in [0.29, 0.717) is 5.54 Å². The fourth-order valence-corrected chi connectivity index (χ4v) is 3.51. The Morgan fingerprint density at radius 3 is 2.76 bits per heavy atom. The molecule has 1 saturated heterocycles. The van der Waals surface area contributed by atoms with Gasteiger partial charge in [-0.25, -0.2) is 0 Å². The summed E-state index contributed by atoms with van der Waals surface area (Å²) in [6, 6.07) is 0.755. The van der Waals surface area contributed by atoms with Crippen molar-refractivity contribution in [3.63, 3.8) is 0 Å². The SMILES string of the molecule is CSCCCN1CC(C)(C2CC2)NCCC1C. The van der Waals surface area contributed by atoms with Crippen molar-refractivity contribution in [3.8, 4) is 0 Å². The Morgan fingerprint density at radius 2 is 2.12 bits per heavy atom. The van der Waals surface area contributed by atoms with Crippen LogP contribution in [0.2, 0.25) is 0 Å². The molecule has 0 aromatic heterocycles. The van der Waals surface area contributed by atoms with Crippen LogP contribution in [0.25, 0.3) is 0 Å². The van der Waals surface area contributed by atoms with Gasteiger partial charge < -0.3 is 5.32 Å². The molecule has 100 valence electrons. The molecular weight excluding hydrogens is 228 g/mol. The van der Waals surface area contributed by atoms with Gasteiger partial charge in [0.2, 0.25) is 0 Å². The quantitative estimate of drug-likeness (QED) is 0.761. The number of nitrogens with zero attached hydrogens (tertiary/aromatic N) is 1. The summed E-state index contributed by atoms with van der Waals surface area (Å²) in [4.78, 5) is 2.73. The van der Waals surface area contributed by atoms with Crippen molar-refractivity contribution in [2.45, 2.75) is 51.1 Å². The predicted molar refractivity (Wildman–Crippen MR) is 77.8 cm³/mol. The van der Waals surface area contributed by atoms with E-state index in [2.05, 4.69) is 30.3 Å².